The number of amides is 1. The first-order valence-corrected chi connectivity index (χ1v) is 7.40. The molecule has 2 N–H and O–H groups in total. The molecule has 1 aliphatic rings. The number of benzene rings is 1. The molecule has 5 heteroatoms. The van der Waals surface area contributed by atoms with Gasteiger partial charge in [0.1, 0.15) is 6.07 Å². The number of nitrogens with one attached hydrogen (secondary N) is 2. The Morgan fingerprint density at radius 1 is 1.52 bits per heavy atom. The maximum Gasteiger partial charge on any atom is 0.225 e. The lowest BCUT2D eigenvalue weighted by Crippen LogP contribution is -2.44. The Morgan fingerprint density at radius 3 is 3.05 bits per heavy atom. The highest BCUT2D eigenvalue weighted by atomic mass is 16.1. The van der Waals surface area contributed by atoms with Crippen LogP contribution in [0.2, 0.25) is 0 Å². The summed E-state index contributed by atoms with van der Waals surface area (Å²) >= 11 is 0. The molecular formula is C16H22N4O. The second-order valence-electron chi connectivity index (χ2n) is 5.44. The summed E-state index contributed by atoms with van der Waals surface area (Å²) in [5, 5.41) is 15.2. The fraction of sp³-hybridized carbons (Fsp3) is 0.500. The number of rotatable bonds is 5. The molecule has 1 aliphatic heterocycles. The highest BCUT2D eigenvalue weighted by molar-refractivity contribution is 5.92. The number of para-hydroxylation sites is 1. The molecule has 0 bridgehead atoms. The third kappa shape index (κ3) is 4.55. The molecule has 0 spiro atoms. The van der Waals surface area contributed by atoms with Crippen molar-refractivity contribution in [2.24, 2.45) is 0 Å². The Labute approximate surface area is 125 Å². The summed E-state index contributed by atoms with van der Waals surface area (Å²) in [7, 11) is 2.06. The Balaban J connectivity index is 1.80. The topological polar surface area (TPSA) is 68.2 Å². The molecule has 0 aromatic heterocycles. The number of nitrogens with zero attached hydrogens (tertiary/aromatic N) is 2. The van der Waals surface area contributed by atoms with Crippen LogP contribution in [0.15, 0.2) is 24.3 Å². The first-order chi connectivity index (χ1) is 10.2. The zero-order valence-electron chi connectivity index (χ0n) is 12.4. The molecule has 1 atom stereocenters. The molecule has 112 valence electrons. The van der Waals surface area contributed by atoms with Gasteiger partial charge >= 0.3 is 0 Å². The summed E-state index contributed by atoms with van der Waals surface area (Å²) < 4.78 is 0. The summed E-state index contributed by atoms with van der Waals surface area (Å²) in [4.78, 5) is 14.2. The number of likely N-dealkylation sites (N-methyl/N-ethyl adjacent to an activating group) is 1. The molecule has 1 saturated heterocycles. The fourth-order valence-electron chi connectivity index (χ4n) is 2.57. The molecule has 1 unspecified atom stereocenters. The van der Waals surface area contributed by atoms with Crippen molar-refractivity contribution in [1.82, 2.24) is 10.2 Å². The van der Waals surface area contributed by atoms with Gasteiger partial charge in [-0.3, -0.25) is 4.79 Å². The third-order valence-electron chi connectivity index (χ3n) is 3.91. The second-order valence-corrected chi connectivity index (χ2v) is 5.44. The standard InChI is InChI=1S/C16H22N4O/c1-20(14-6-4-9-18-12-14)10-8-16(21)19-15-7-3-2-5-13(15)11-17/h2-3,5,7,14,18H,4,6,8-10,12H2,1H3,(H,19,21). The van der Waals surface area contributed by atoms with Crippen LogP contribution in [-0.4, -0.2) is 43.5 Å². The molecular weight excluding hydrogens is 264 g/mol. The molecule has 1 heterocycles. The van der Waals surface area contributed by atoms with Crippen molar-refractivity contribution in [2.45, 2.75) is 25.3 Å². The molecule has 2 rings (SSSR count). The summed E-state index contributed by atoms with van der Waals surface area (Å²) in [5.41, 5.74) is 1.09. The highest BCUT2D eigenvalue weighted by Gasteiger charge is 2.18. The molecule has 1 amide bonds. The van der Waals surface area contributed by atoms with E-state index in [2.05, 4.69) is 28.7 Å². The van der Waals surface area contributed by atoms with Gasteiger partial charge in [-0.15, -0.1) is 0 Å². The summed E-state index contributed by atoms with van der Waals surface area (Å²) in [6.07, 6.45) is 2.81. The molecule has 0 radical (unpaired) electrons. The minimum Gasteiger partial charge on any atom is -0.325 e. The maximum absolute atomic E-state index is 12.0. The van der Waals surface area contributed by atoms with E-state index in [1.807, 2.05) is 6.07 Å². The lowest BCUT2D eigenvalue weighted by atomic mass is 10.1. The van der Waals surface area contributed by atoms with E-state index in [0.29, 0.717) is 23.7 Å². The minimum absolute atomic E-state index is 0.0479. The van der Waals surface area contributed by atoms with E-state index < -0.39 is 0 Å². The molecule has 21 heavy (non-hydrogen) atoms. The summed E-state index contributed by atoms with van der Waals surface area (Å²) in [6, 6.07) is 9.66. The van der Waals surface area contributed by atoms with Crippen molar-refractivity contribution < 1.29 is 4.79 Å². The number of anilines is 1. The van der Waals surface area contributed by atoms with E-state index in [4.69, 9.17) is 5.26 Å². The minimum atomic E-state index is -0.0479. The van der Waals surface area contributed by atoms with Gasteiger partial charge in [-0.25, -0.2) is 0 Å². The van der Waals surface area contributed by atoms with Crippen LogP contribution in [0.3, 0.4) is 0 Å². The largest absolute Gasteiger partial charge is 0.325 e. The number of carbonyl (C=O) groups is 1. The van der Waals surface area contributed by atoms with Gasteiger partial charge in [0.25, 0.3) is 0 Å². The highest BCUT2D eigenvalue weighted by Crippen LogP contribution is 2.14. The van der Waals surface area contributed by atoms with Crippen LogP contribution in [0.25, 0.3) is 0 Å². The van der Waals surface area contributed by atoms with Crippen molar-refractivity contribution >= 4 is 11.6 Å². The predicted molar refractivity (Wildman–Crippen MR) is 82.9 cm³/mol. The van der Waals surface area contributed by atoms with Crippen LogP contribution in [0.4, 0.5) is 5.69 Å². The van der Waals surface area contributed by atoms with Crippen molar-refractivity contribution in [3.63, 3.8) is 0 Å². The quantitative estimate of drug-likeness (QED) is 0.862. The van der Waals surface area contributed by atoms with Gasteiger partial charge in [-0.05, 0) is 38.6 Å². The van der Waals surface area contributed by atoms with Gasteiger partial charge in [0.05, 0.1) is 11.3 Å². The Hall–Kier alpha value is -1.90. The Morgan fingerprint density at radius 2 is 2.33 bits per heavy atom. The van der Waals surface area contributed by atoms with Gasteiger partial charge in [0.15, 0.2) is 0 Å². The monoisotopic (exact) mass is 286 g/mol. The average molecular weight is 286 g/mol. The molecule has 1 aromatic carbocycles. The molecule has 1 fully saturated rings. The summed E-state index contributed by atoms with van der Waals surface area (Å²) in [6.45, 7) is 2.82. The van der Waals surface area contributed by atoms with Crippen molar-refractivity contribution in [3.8, 4) is 6.07 Å². The van der Waals surface area contributed by atoms with Crippen LogP contribution in [0.1, 0.15) is 24.8 Å². The van der Waals surface area contributed by atoms with Gasteiger partial charge in [-0.2, -0.15) is 5.26 Å². The van der Waals surface area contributed by atoms with Crippen LogP contribution in [0, 0.1) is 11.3 Å². The van der Waals surface area contributed by atoms with Crippen molar-refractivity contribution in [1.29, 1.82) is 5.26 Å². The second kappa shape index (κ2) is 7.77. The van der Waals surface area contributed by atoms with Gasteiger partial charge in [0, 0.05) is 25.6 Å². The van der Waals surface area contributed by atoms with E-state index in [1.54, 1.807) is 18.2 Å². The lowest BCUT2D eigenvalue weighted by molar-refractivity contribution is -0.116. The number of nitriles is 1. The van der Waals surface area contributed by atoms with E-state index in [-0.39, 0.29) is 5.91 Å². The molecule has 0 saturated carbocycles. The van der Waals surface area contributed by atoms with E-state index in [1.165, 1.54) is 12.8 Å². The Kier molecular flexibility index (Phi) is 5.73. The fourth-order valence-corrected chi connectivity index (χ4v) is 2.57. The zero-order chi connectivity index (χ0) is 15.1. The first-order valence-electron chi connectivity index (χ1n) is 7.40. The van der Waals surface area contributed by atoms with Gasteiger partial charge in [-0.1, -0.05) is 12.1 Å². The smallest absolute Gasteiger partial charge is 0.225 e. The molecule has 5 nitrogen and oxygen atoms in total. The predicted octanol–water partition coefficient (Wildman–Crippen LogP) is 1.57. The van der Waals surface area contributed by atoms with Crippen molar-refractivity contribution in [3.05, 3.63) is 29.8 Å². The lowest BCUT2D eigenvalue weighted by Gasteiger charge is -2.31. The normalized spacial score (nSPS) is 18.2. The zero-order valence-corrected chi connectivity index (χ0v) is 12.4. The number of hydrogen-bond donors (Lipinski definition) is 2. The van der Waals surface area contributed by atoms with Crippen LogP contribution in [0.5, 0.6) is 0 Å². The first kappa shape index (κ1) is 15.5. The van der Waals surface area contributed by atoms with E-state index >= 15 is 0 Å². The Bertz CT molecular complexity index is 517. The van der Waals surface area contributed by atoms with E-state index in [0.717, 1.165) is 19.6 Å². The summed E-state index contributed by atoms with van der Waals surface area (Å²) in [5.74, 6) is -0.0479. The average Bonchev–Trinajstić information content (AvgIpc) is 2.54. The SMILES string of the molecule is CN(CCC(=O)Nc1ccccc1C#N)C1CCCNC1. The number of piperidine rings is 1. The van der Waals surface area contributed by atoms with Crippen molar-refractivity contribution in [2.75, 3.05) is 32.0 Å². The van der Waals surface area contributed by atoms with Crippen LogP contribution in [-0.2, 0) is 4.79 Å². The van der Waals surface area contributed by atoms with Crippen LogP contribution < -0.4 is 10.6 Å². The number of carbonyl (C=O) groups excluding carboxylic acids is 1. The van der Waals surface area contributed by atoms with Crippen LogP contribution >= 0.6 is 0 Å². The molecule has 0 aliphatic carbocycles. The van der Waals surface area contributed by atoms with E-state index in [9.17, 15) is 4.79 Å². The molecule has 1 aromatic rings. The van der Waals surface area contributed by atoms with Gasteiger partial charge < -0.3 is 15.5 Å². The number of hydrogen-bond acceptors (Lipinski definition) is 4. The van der Waals surface area contributed by atoms with Gasteiger partial charge in [0.2, 0.25) is 5.91 Å². The maximum atomic E-state index is 12.0. The third-order valence-corrected chi connectivity index (χ3v) is 3.91.